The molecule has 0 saturated heterocycles. The molecule has 1 unspecified atom stereocenters. The average Bonchev–Trinajstić information content (AvgIpc) is 2.34. The first-order valence-electron chi connectivity index (χ1n) is 7.45. The van der Waals surface area contributed by atoms with Gasteiger partial charge in [-0.1, -0.05) is 29.3 Å². The smallest absolute Gasteiger partial charge is 0.0802 e. The van der Waals surface area contributed by atoms with E-state index in [1.807, 2.05) is 13.8 Å². The van der Waals surface area contributed by atoms with Crippen molar-refractivity contribution in [2.24, 2.45) is 0 Å². The number of likely N-dealkylation sites (N-methyl/N-ethyl adjacent to an activating group) is 1. The van der Waals surface area contributed by atoms with E-state index in [1.54, 1.807) is 0 Å². The van der Waals surface area contributed by atoms with Gasteiger partial charge in [-0.15, -0.1) is 0 Å². The molecule has 114 valence electrons. The van der Waals surface area contributed by atoms with Crippen LogP contribution in [0.25, 0.3) is 0 Å². The molecule has 1 rings (SSSR count). The summed E-state index contributed by atoms with van der Waals surface area (Å²) in [5, 5.41) is 10.3. The fraction of sp³-hybridized carbons (Fsp3) is 0.647. The van der Waals surface area contributed by atoms with E-state index in [2.05, 4.69) is 44.0 Å². The van der Waals surface area contributed by atoms with Crippen LogP contribution in [0.2, 0.25) is 0 Å². The first kappa shape index (κ1) is 17.2. The quantitative estimate of drug-likeness (QED) is 0.794. The van der Waals surface area contributed by atoms with E-state index in [9.17, 15) is 5.11 Å². The summed E-state index contributed by atoms with van der Waals surface area (Å²) < 4.78 is 5.53. The zero-order valence-corrected chi connectivity index (χ0v) is 13.5. The Morgan fingerprint density at radius 3 is 2.25 bits per heavy atom. The van der Waals surface area contributed by atoms with Crippen molar-refractivity contribution in [1.29, 1.82) is 0 Å². The van der Waals surface area contributed by atoms with Crippen molar-refractivity contribution in [3.05, 3.63) is 34.9 Å². The van der Waals surface area contributed by atoms with Crippen molar-refractivity contribution >= 4 is 0 Å². The van der Waals surface area contributed by atoms with E-state index < -0.39 is 0 Å². The van der Waals surface area contributed by atoms with Crippen LogP contribution in [-0.2, 0) is 4.74 Å². The summed E-state index contributed by atoms with van der Waals surface area (Å²) in [5.74, 6) is 0. The molecule has 0 heterocycles. The molecule has 3 nitrogen and oxygen atoms in total. The monoisotopic (exact) mass is 279 g/mol. The molecule has 1 aromatic carbocycles. The lowest BCUT2D eigenvalue weighted by Crippen LogP contribution is -2.26. The van der Waals surface area contributed by atoms with Gasteiger partial charge in [-0.2, -0.15) is 0 Å². The van der Waals surface area contributed by atoms with Crippen LogP contribution in [0.1, 0.15) is 43.1 Å². The number of aliphatic hydroxyl groups excluding tert-OH is 1. The van der Waals surface area contributed by atoms with Gasteiger partial charge in [0.05, 0.1) is 18.8 Å². The Bertz CT molecular complexity index is 384. The minimum absolute atomic E-state index is 0.282. The Labute approximate surface area is 123 Å². The molecule has 20 heavy (non-hydrogen) atoms. The third-order valence-corrected chi connectivity index (χ3v) is 3.34. The molecule has 0 aliphatic rings. The van der Waals surface area contributed by atoms with E-state index in [4.69, 9.17) is 4.74 Å². The molecule has 0 saturated carbocycles. The van der Waals surface area contributed by atoms with Gasteiger partial charge in [0.15, 0.2) is 0 Å². The molecule has 3 heteroatoms. The highest BCUT2D eigenvalue weighted by Gasteiger charge is 2.10. The summed E-state index contributed by atoms with van der Waals surface area (Å²) in [6.45, 7) is 10.7. The maximum absolute atomic E-state index is 10.3. The predicted molar refractivity (Wildman–Crippen MR) is 84.1 cm³/mol. The van der Waals surface area contributed by atoms with Crippen LogP contribution in [0.15, 0.2) is 18.2 Å². The van der Waals surface area contributed by atoms with Crippen molar-refractivity contribution < 1.29 is 9.84 Å². The second-order valence-corrected chi connectivity index (χ2v) is 5.95. The van der Waals surface area contributed by atoms with Crippen LogP contribution in [0, 0.1) is 13.8 Å². The Balaban J connectivity index is 2.36. The first-order chi connectivity index (χ1) is 9.38. The number of rotatable bonds is 8. The van der Waals surface area contributed by atoms with E-state index in [0.29, 0.717) is 0 Å². The van der Waals surface area contributed by atoms with Crippen LogP contribution in [0.3, 0.4) is 0 Å². The Kier molecular flexibility index (Phi) is 7.20. The lowest BCUT2D eigenvalue weighted by atomic mass is 10.0. The molecule has 0 spiro atoms. The van der Waals surface area contributed by atoms with Crippen molar-refractivity contribution in [2.45, 2.75) is 46.3 Å². The summed E-state index contributed by atoms with van der Waals surface area (Å²) in [4.78, 5) is 2.20. The Hall–Kier alpha value is -0.900. The number of hydrogen-bond acceptors (Lipinski definition) is 3. The summed E-state index contributed by atoms with van der Waals surface area (Å²) in [7, 11) is 2.07. The number of benzene rings is 1. The summed E-state index contributed by atoms with van der Waals surface area (Å²) in [6, 6.07) is 6.27. The van der Waals surface area contributed by atoms with Gasteiger partial charge in [0.25, 0.3) is 0 Å². The lowest BCUT2D eigenvalue weighted by molar-refractivity contribution is 0.0601. The van der Waals surface area contributed by atoms with Crippen LogP contribution >= 0.6 is 0 Å². The number of aliphatic hydroxyl groups is 1. The minimum Gasteiger partial charge on any atom is -0.388 e. The largest absolute Gasteiger partial charge is 0.388 e. The van der Waals surface area contributed by atoms with Crippen molar-refractivity contribution in [3.8, 4) is 0 Å². The molecule has 0 aliphatic carbocycles. The summed E-state index contributed by atoms with van der Waals surface area (Å²) in [5.41, 5.74) is 3.44. The van der Waals surface area contributed by atoms with Crippen molar-refractivity contribution in [2.75, 3.05) is 26.7 Å². The van der Waals surface area contributed by atoms with Crippen molar-refractivity contribution in [1.82, 2.24) is 4.90 Å². The van der Waals surface area contributed by atoms with Crippen LogP contribution in [0.5, 0.6) is 0 Å². The Morgan fingerprint density at radius 2 is 1.70 bits per heavy atom. The van der Waals surface area contributed by atoms with Gasteiger partial charge in [0, 0.05) is 13.1 Å². The maximum Gasteiger partial charge on any atom is 0.0802 e. The summed E-state index contributed by atoms with van der Waals surface area (Å²) in [6.07, 6.45) is 0.646. The zero-order chi connectivity index (χ0) is 15.1. The van der Waals surface area contributed by atoms with E-state index in [-0.39, 0.29) is 12.2 Å². The van der Waals surface area contributed by atoms with Gasteiger partial charge in [-0.05, 0) is 46.7 Å². The maximum atomic E-state index is 10.3. The number of aryl methyl sites for hydroxylation is 2. The number of nitrogens with zero attached hydrogens (tertiary/aromatic N) is 1. The fourth-order valence-corrected chi connectivity index (χ4v) is 2.27. The lowest BCUT2D eigenvalue weighted by Gasteiger charge is -2.20. The Morgan fingerprint density at radius 1 is 1.10 bits per heavy atom. The van der Waals surface area contributed by atoms with E-state index >= 15 is 0 Å². The standard InChI is InChI=1S/C17H29NO2/c1-13(2)20-9-8-18(5)7-6-17(19)16-11-14(3)10-15(4)12-16/h10-13,17,19H,6-9H2,1-5H3. The molecule has 1 aromatic rings. The topological polar surface area (TPSA) is 32.7 Å². The second kappa shape index (κ2) is 8.40. The highest BCUT2D eigenvalue weighted by atomic mass is 16.5. The van der Waals surface area contributed by atoms with Gasteiger partial charge in [0.1, 0.15) is 0 Å². The number of hydrogen-bond donors (Lipinski definition) is 1. The molecule has 0 bridgehead atoms. The molecule has 0 aliphatic heterocycles. The predicted octanol–water partition coefficient (Wildman–Crippen LogP) is 3.08. The van der Waals surface area contributed by atoms with Gasteiger partial charge >= 0.3 is 0 Å². The van der Waals surface area contributed by atoms with Gasteiger partial charge < -0.3 is 14.7 Å². The minimum atomic E-state index is -0.387. The van der Waals surface area contributed by atoms with E-state index in [1.165, 1.54) is 11.1 Å². The first-order valence-corrected chi connectivity index (χ1v) is 7.45. The SMILES string of the molecule is Cc1cc(C)cc(C(O)CCN(C)CCOC(C)C)c1. The zero-order valence-electron chi connectivity index (χ0n) is 13.5. The third-order valence-electron chi connectivity index (χ3n) is 3.34. The molecule has 0 amide bonds. The number of ether oxygens (including phenoxy) is 1. The fourth-order valence-electron chi connectivity index (χ4n) is 2.27. The average molecular weight is 279 g/mol. The third kappa shape index (κ3) is 6.51. The molecule has 0 fully saturated rings. The molecule has 1 N–H and O–H groups in total. The summed E-state index contributed by atoms with van der Waals surface area (Å²) >= 11 is 0. The van der Waals surface area contributed by atoms with Crippen LogP contribution in [0.4, 0.5) is 0 Å². The molecule has 0 aromatic heterocycles. The highest BCUT2D eigenvalue weighted by Crippen LogP contribution is 2.19. The second-order valence-electron chi connectivity index (χ2n) is 5.95. The normalized spacial score (nSPS) is 13.2. The highest BCUT2D eigenvalue weighted by molar-refractivity contribution is 5.29. The molecular formula is C17H29NO2. The molecular weight excluding hydrogens is 250 g/mol. The van der Waals surface area contributed by atoms with Gasteiger partial charge in [-0.3, -0.25) is 0 Å². The van der Waals surface area contributed by atoms with Crippen LogP contribution < -0.4 is 0 Å². The van der Waals surface area contributed by atoms with Gasteiger partial charge in [0.2, 0.25) is 0 Å². The van der Waals surface area contributed by atoms with Gasteiger partial charge in [-0.25, -0.2) is 0 Å². The molecule has 1 atom stereocenters. The van der Waals surface area contributed by atoms with Crippen LogP contribution in [-0.4, -0.2) is 42.9 Å². The van der Waals surface area contributed by atoms with E-state index in [0.717, 1.165) is 31.7 Å². The van der Waals surface area contributed by atoms with Crippen molar-refractivity contribution in [3.63, 3.8) is 0 Å². The molecule has 0 radical (unpaired) electrons.